The van der Waals surface area contributed by atoms with Gasteiger partial charge in [0.2, 0.25) is 0 Å². The molecule has 0 saturated heterocycles. The molecule has 2 aliphatic rings. The standard InChI is InChI=1S/C17H16N2O3/c1-22-16-7-12-13(8-15(16)20)18-9-11-6-10-4-2-3-5-14(10)19(11)17(12)21/h2-5,7-8,11,18,20H,6,9H2,1H3/p+1. The van der Waals surface area contributed by atoms with E-state index in [0.29, 0.717) is 11.3 Å². The number of fused-ring (bicyclic) bond motifs is 4. The highest BCUT2D eigenvalue weighted by Gasteiger charge is 2.39. The van der Waals surface area contributed by atoms with Crippen molar-refractivity contribution in [1.82, 2.24) is 0 Å². The van der Waals surface area contributed by atoms with E-state index >= 15 is 0 Å². The van der Waals surface area contributed by atoms with Gasteiger partial charge in [0.1, 0.15) is 17.8 Å². The van der Waals surface area contributed by atoms with Crippen molar-refractivity contribution in [2.45, 2.75) is 12.5 Å². The zero-order chi connectivity index (χ0) is 15.3. The van der Waals surface area contributed by atoms with E-state index in [1.54, 1.807) is 12.1 Å². The highest BCUT2D eigenvalue weighted by Crippen LogP contribution is 2.37. The van der Waals surface area contributed by atoms with Crippen LogP contribution in [0.3, 0.4) is 0 Å². The lowest BCUT2D eigenvalue weighted by Gasteiger charge is -2.21. The summed E-state index contributed by atoms with van der Waals surface area (Å²) >= 11 is 0. The molecule has 112 valence electrons. The zero-order valence-electron chi connectivity index (χ0n) is 12.2. The molecule has 5 nitrogen and oxygen atoms in total. The van der Waals surface area contributed by atoms with Gasteiger partial charge in [0, 0.05) is 24.2 Å². The van der Waals surface area contributed by atoms with E-state index in [-0.39, 0.29) is 17.7 Å². The van der Waals surface area contributed by atoms with Crippen LogP contribution in [0.15, 0.2) is 36.4 Å². The van der Waals surface area contributed by atoms with Crippen LogP contribution in [0, 0.1) is 0 Å². The van der Waals surface area contributed by atoms with Crippen LogP contribution < -0.4 is 15.0 Å². The maximum atomic E-state index is 13.0. The van der Waals surface area contributed by atoms with E-state index in [2.05, 4.69) is 6.07 Å². The van der Waals surface area contributed by atoms with Gasteiger partial charge in [-0.3, -0.25) is 9.69 Å². The third-order valence-electron chi connectivity index (χ3n) is 4.48. The number of amides is 1. The Balaban J connectivity index is 1.85. The number of carbonyl (C=O) groups is 1. The molecule has 2 aliphatic heterocycles. The number of hydrogen-bond donors (Lipinski definition) is 2. The molecule has 0 spiro atoms. The second-order valence-electron chi connectivity index (χ2n) is 5.71. The predicted molar refractivity (Wildman–Crippen MR) is 81.9 cm³/mol. The molecule has 2 aromatic rings. The molecule has 0 radical (unpaired) electrons. The number of nitrogens with zero attached hydrogens (tertiary/aromatic N) is 1. The number of para-hydroxylation sites is 1. The van der Waals surface area contributed by atoms with Crippen LogP contribution in [0.25, 0.3) is 0 Å². The molecule has 0 aromatic heterocycles. The van der Waals surface area contributed by atoms with Crippen LogP contribution in [-0.4, -0.2) is 30.7 Å². The van der Waals surface area contributed by atoms with Crippen molar-refractivity contribution in [2.75, 3.05) is 18.6 Å². The topological polar surface area (TPSA) is 66.4 Å². The summed E-state index contributed by atoms with van der Waals surface area (Å²) in [6.07, 6.45) is 0.871. The van der Waals surface area contributed by atoms with Crippen molar-refractivity contribution in [1.29, 1.82) is 0 Å². The highest BCUT2D eigenvalue weighted by atomic mass is 16.5. The fourth-order valence-electron chi connectivity index (χ4n) is 3.42. The van der Waals surface area contributed by atoms with E-state index in [4.69, 9.17) is 4.74 Å². The number of hydrogen-bond acceptors (Lipinski definition) is 3. The van der Waals surface area contributed by atoms with Crippen LogP contribution in [0.1, 0.15) is 15.9 Å². The van der Waals surface area contributed by atoms with E-state index in [1.165, 1.54) is 12.7 Å². The molecule has 0 bridgehead atoms. The van der Waals surface area contributed by atoms with Gasteiger partial charge in [-0.2, -0.15) is 0 Å². The monoisotopic (exact) mass is 297 g/mol. The molecular weight excluding hydrogens is 280 g/mol. The first-order chi connectivity index (χ1) is 10.7. The summed E-state index contributed by atoms with van der Waals surface area (Å²) in [6.45, 7) is 0.777. The Hall–Kier alpha value is -2.53. The van der Waals surface area contributed by atoms with Gasteiger partial charge < -0.3 is 15.2 Å². The second-order valence-corrected chi connectivity index (χ2v) is 5.71. The van der Waals surface area contributed by atoms with E-state index in [0.717, 1.165) is 24.3 Å². The fourth-order valence-corrected chi connectivity index (χ4v) is 3.42. The lowest BCUT2D eigenvalue weighted by molar-refractivity contribution is -0.572. The molecular formula is C17H17N2O3+. The van der Waals surface area contributed by atoms with Crippen LogP contribution in [-0.2, 0) is 6.42 Å². The van der Waals surface area contributed by atoms with E-state index in [1.807, 2.05) is 28.4 Å². The maximum absolute atomic E-state index is 13.0. The summed E-state index contributed by atoms with van der Waals surface area (Å²) < 4.78 is 5.15. The quantitative estimate of drug-likeness (QED) is 0.777. The molecule has 5 heteroatoms. The van der Waals surface area contributed by atoms with Crippen molar-refractivity contribution >= 4 is 17.3 Å². The van der Waals surface area contributed by atoms with Gasteiger partial charge in [-0.1, -0.05) is 18.2 Å². The maximum Gasteiger partial charge on any atom is 0.264 e. The predicted octanol–water partition coefficient (Wildman–Crippen LogP) is 1.18. The number of aromatic hydroxyl groups is 1. The van der Waals surface area contributed by atoms with E-state index in [9.17, 15) is 9.90 Å². The van der Waals surface area contributed by atoms with Gasteiger partial charge in [0.05, 0.1) is 13.2 Å². The number of methoxy groups -OCH3 is 1. The van der Waals surface area contributed by atoms with Gasteiger partial charge in [0.25, 0.3) is 5.91 Å². The zero-order valence-corrected chi connectivity index (χ0v) is 12.2. The Morgan fingerprint density at radius 1 is 1.32 bits per heavy atom. The Labute approximate surface area is 128 Å². The molecule has 0 fully saturated rings. The largest absolute Gasteiger partial charge is 0.504 e. The first-order valence-corrected chi connectivity index (χ1v) is 7.34. The minimum atomic E-state index is -0.0306. The summed E-state index contributed by atoms with van der Waals surface area (Å²) in [4.78, 5) is 14.9. The number of nitrogens with two attached hydrogens (primary N) is 1. The van der Waals surface area contributed by atoms with Gasteiger partial charge >= 0.3 is 0 Å². The lowest BCUT2D eigenvalue weighted by Crippen LogP contribution is -2.81. The molecule has 2 aromatic carbocycles. The summed E-state index contributed by atoms with van der Waals surface area (Å²) in [5.41, 5.74) is 3.55. The normalized spacial score (nSPS) is 19.2. The van der Waals surface area contributed by atoms with Crippen LogP contribution >= 0.6 is 0 Å². The molecule has 4 rings (SSSR count). The minimum absolute atomic E-state index is 0.0306. The summed E-state index contributed by atoms with van der Waals surface area (Å²) in [6, 6.07) is 11.4. The summed E-state index contributed by atoms with van der Waals surface area (Å²) in [5.74, 6) is 0.358. The molecule has 1 atom stereocenters. The number of ether oxygens (including phenoxy) is 1. The van der Waals surface area contributed by atoms with Crippen molar-refractivity contribution in [3.63, 3.8) is 0 Å². The fraction of sp³-hybridized carbons (Fsp3) is 0.235. The first-order valence-electron chi connectivity index (χ1n) is 7.34. The summed E-state index contributed by atoms with van der Waals surface area (Å²) in [7, 11) is 1.49. The third-order valence-corrected chi connectivity index (χ3v) is 4.48. The van der Waals surface area contributed by atoms with Crippen molar-refractivity contribution in [3.8, 4) is 11.5 Å². The van der Waals surface area contributed by atoms with Crippen molar-refractivity contribution < 1.29 is 20.0 Å². The Bertz CT molecular complexity index is 772. The van der Waals surface area contributed by atoms with Crippen LogP contribution in [0.5, 0.6) is 11.5 Å². The number of phenols is 1. The number of phenolic OH excluding ortho intramolecular Hbond substituents is 1. The van der Waals surface area contributed by atoms with Gasteiger partial charge in [-0.25, -0.2) is 0 Å². The van der Waals surface area contributed by atoms with Crippen molar-refractivity contribution in [3.05, 3.63) is 47.5 Å². The van der Waals surface area contributed by atoms with E-state index < -0.39 is 0 Å². The average molecular weight is 297 g/mol. The Morgan fingerprint density at radius 3 is 2.95 bits per heavy atom. The lowest BCUT2D eigenvalue weighted by atomic mass is 10.1. The second kappa shape index (κ2) is 4.74. The Morgan fingerprint density at radius 2 is 2.14 bits per heavy atom. The first kappa shape index (κ1) is 13.2. The molecule has 0 saturated carbocycles. The van der Waals surface area contributed by atoms with Crippen molar-refractivity contribution in [2.24, 2.45) is 0 Å². The molecule has 2 heterocycles. The highest BCUT2D eigenvalue weighted by molar-refractivity contribution is 6.10. The molecule has 22 heavy (non-hydrogen) atoms. The average Bonchev–Trinajstić information content (AvgIpc) is 2.84. The molecule has 3 N–H and O–H groups in total. The SMILES string of the molecule is COc1cc2c(cc1O)[NH2+]CC1Cc3ccccc3N1C2=O. The van der Waals surface area contributed by atoms with Crippen LogP contribution in [0.4, 0.5) is 11.4 Å². The molecule has 1 amide bonds. The minimum Gasteiger partial charge on any atom is -0.504 e. The van der Waals surface area contributed by atoms with Crippen LogP contribution in [0.2, 0.25) is 0 Å². The van der Waals surface area contributed by atoms with Gasteiger partial charge in [0.15, 0.2) is 11.5 Å². The van der Waals surface area contributed by atoms with Gasteiger partial charge in [-0.15, -0.1) is 0 Å². The molecule has 1 unspecified atom stereocenters. The summed E-state index contributed by atoms with van der Waals surface area (Å²) in [5, 5.41) is 12.0. The Kier molecular flexibility index (Phi) is 2.84. The number of anilines is 1. The number of carbonyl (C=O) groups excluding carboxylic acids is 1. The number of quaternary nitrogens is 1. The smallest absolute Gasteiger partial charge is 0.264 e. The number of rotatable bonds is 1. The third kappa shape index (κ3) is 1.79. The molecule has 0 aliphatic carbocycles. The number of benzene rings is 2. The van der Waals surface area contributed by atoms with Gasteiger partial charge in [-0.05, 0) is 11.6 Å².